The summed E-state index contributed by atoms with van der Waals surface area (Å²) in [6.45, 7) is 6.21. The first kappa shape index (κ1) is 25.9. The van der Waals surface area contributed by atoms with E-state index in [9.17, 15) is 18.0 Å². The summed E-state index contributed by atoms with van der Waals surface area (Å²) < 4.78 is 26.6. The lowest BCUT2D eigenvalue weighted by atomic mass is 10.1. The number of anilines is 3. The quantitative estimate of drug-likeness (QED) is 0.389. The van der Waals surface area contributed by atoms with Gasteiger partial charge in [0.15, 0.2) is 0 Å². The van der Waals surface area contributed by atoms with Gasteiger partial charge < -0.3 is 16.0 Å². The normalized spacial score (nSPS) is 11.2. The minimum absolute atomic E-state index is 0.0237. The predicted molar refractivity (Wildman–Crippen MR) is 139 cm³/mol. The van der Waals surface area contributed by atoms with Crippen LogP contribution in [0.15, 0.2) is 77.7 Å². The summed E-state index contributed by atoms with van der Waals surface area (Å²) in [4.78, 5) is 25.2. The molecule has 3 N–H and O–H groups in total. The van der Waals surface area contributed by atoms with Crippen molar-refractivity contribution >= 4 is 38.9 Å². The molecule has 35 heavy (non-hydrogen) atoms. The van der Waals surface area contributed by atoms with E-state index in [4.69, 9.17) is 0 Å². The van der Waals surface area contributed by atoms with Gasteiger partial charge in [0.25, 0.3) is 5.91 Å². The highest BCUT2D eigenvalue weighted by molar-refractivity contribution is 7.89. The van der Waals surface area contributed by atoms with Crippen molar-refractivity contribution in [1.82, 2.24) is 4.31 Å². The first-order chi connectivity index (χ1) is 16.7. The molecule has 0 heterocycles. The van der Waals surface area contributed by atoms with Crippen LogP contribution in [-0.2, 0) is 14.8 Å². The minimum Gasteiger partial charge on any atom is -0.376 e. The Bertz CT molecular complexity index is 1270. The van der Waals surface area contributed by atoms with Crippen molar-refractivity contribution in [3.8, 4) is 0 Å². The van der Waals surface area contributed by atoms with Crippen LogP contribution in [0.4, 0.5) is 17.1 Å². The Morgan fingerprint density at radius 2 is 1.46 bits per heavy atom. The van der Waals surface area contributed by atoms with Crippen LogP contribution in [-0.4, -0.2) is 44.2 Å². The van der Waals surface area contributed by atoms with E-state index in [2.05, 4.69) is 16.0 Å². The van der Waals surface area contributed by atoms with E-state index in [-0.39, 0.29) is 23.3 Å². The molecule has 0 saturated heterocycles. The highest BCUT2D eigenvalue weighted by Gasteiger charge is 2.21. The zero-order chi connectivity index (χ0) is 25.4. The number of sulfonamides is 1. The molecule has 3 rings (SSSR count). The van der Waals surface area contributed by atoms with Crippen LogP contribution in [0, 0.1) is 6.92 Å². The number of nitrogens with zero attached hydrogens (tertiary/aromatic N) is 1. The largest absolute Gasteiger partial charge is 0.376 e. The van der Waals surface area contributed by atoms with E-state index < -0.39 is 10.0 Å². The van der Waals surface area contributed by atoms with E-state index in [1.807, 2.05) is 31.2 Å². The van der Waals surface area contributed by atoms with Gasteiger partial charge in [-0.05, 0) is 61.0 Å². The summed E-state index contributed by atoms with van der Waals surface area (Å²) >= 11 is 0. The van der Waals surface area contributed by atoms with Crippen LogP contribution in [0.2, 0.25) is 0 Å². The molecule has 0 radical (unpaired) electrons. The third kappa shape index (κ3) is 6.68. The molecule has 0 aliphatic carbocycles. The van der Waals surface area contributed by atoms with E-state index in [0.717, 1.165) is 5.56 Å². The summed E-state index contributed by atoms with van der Waals surface area (Å²) in [5.41, 5.74) is 3.21. The van der Waals surface area contributed by atoms with Gasteiger partial charge in [-0.1, -0.05) is 38.1 Å². The van der Waals surface area contributed by atoms with Crippen molar-refractivity contribution in [1.29, 1.82) is 0 Å². The number of carbonyl (C=O) groups is 2. The number of hydrogen-bond acceptors (Lipinski definition) is 5. The van der Waals surface area contributed by atoms with Gasteiger partial charge in [0.2, 0.25) is 15.9 Å². The van der Waals surface area contributed by atoms with Crippen LogP contribution < -0.4 is 16.0 Å². The zero-order valence-electron chi connectivity index (χ0n) is 20.0. The highest BCUT2D eigenvalue weighted by atomic mass is 32.2. The zero-order valence-corrected chi connectivity index (χ0v) is 20.9. The fraction of sp³-hybridized carbons (Fsp3) is 0.231. The summed E-state index contributed by atoms with van der Waals surface area (Å²) in [5, 5.41) is 8.65. The average Bonchev–Trinajstić information content (AvgIpc) is 2.85. The average molecular weight is 495 g/mol. The number of amides is 2. The van der Waals surface area contributed by atoms with Crippen LogP contribution in [0.25, 0.3) is 0 Å². The summed E-state index contributed by atoms with van der Waals surface area (Å²) in [6.07, 6.45) is 0. The fourth-order valence-corrected chi connectivity index (χ4v) is 4.94. The molecule has 3 aromatic carbocycles. The number of aryl methyl sites for hydroxylation is 1. The molecule has 0 spiro atoms. The topological polar surface area (TPSA) is 108 Å². The molecule has 0 aliphatic heterocycles. The van der Waals surface area contributed by atoms with Gasteiger partial charge in [0.1, 0.15) is 0 Å². The Hall–Kier alpha value is -3.69. The molecule has 8 nitrogen and oxygen atoms in total. The van der Waals surface area contributed by atoms with Gasteiger partial charge in [-0.25, -0.2) is 8.42 Å². The van der Waals surface area contributed by atoms with Crippen molar-refractivity contribution in [3.05, 3.63) is 83.9 Å². The maximum Gasteiger partial charge on any atom is 0.255 e. The SMILES string of the molecule is CCN(CC)S(=O)(=O)c1ccc(NC(=O)CNc2cc(C(=O)Nc3ccccc3)ccc2C)cc1. The van der Waals surface area contributed by atoms with Gasteiger partial charge >= 0.3 is 0 Å². The summed E-state index contributed by atoms with van der Waals surface area (Å²) in [7, 11) is -3.55. The van der Waals surface area contributed by atoms with Gasteiger partial charge in [0, 0.05) is 35.7 Å². The van der Waals surface area contributed by atoms with Crippen LogP contribution in [0.1, 0.15) is 29.8 Å². The standard InChI is InChI=1S/C26H30N4O4S/c1-4-30(5-2)35(33,34)23-15-13-22(14-16-23)28-25(31)18-27-24-17-20(12-11-19(24)3)26(32)29-21-9-7-6-8-10-21/h6-17,27H,4-5,18H2,1-3H3,(H,28,31)(H,29,32). The second-order valence-electron chi connectivity index (χ2n) is 7.87. The molecule has 0 unspecified atom stereocenters. The van der Waals surface area contributed by atoms with E-state index >= 15 is 0 Å². The number of carbonyl (C=O) groups excluding carboxylic acids is 2. The molecule has 0 atom stereocenters. The second kappa shape index (κ2) is 11.6. The molecular formula is C26H30N4O4S. The van der Waals surface area contributed by atoms with Crippen molar-refractivity contribution in [2.75, 3.05) is 35.6 Å². The second-order valence-corrected chi connectivity index (χ2v) is 9.80. The Labute approximate surface area is 206 Å². The number of para-hydroxylation sites is 1. The van der Waals surface area contributed by atoms with E-state index in [1.165, 1.54) is 16.4 Å². The maximum absolute atomic E-state index is 12.6. The predicted octanol–water partition coefficient (Wildman–Crippen LogP) is 4.33. The van der Waals surface area contributed by atoms with Gasteiger partial charge in [-0.2, -0.15) is 4.31 Å². The highest BCUT2D eigenvalue weighted by Crippen LogP contribution is 2.20. The molecule has 184 valence electrons. The lowest BCUT2D eigenvalue weighted by Gasteiger charge is -2.18. The fourth-order valence-electron chi connectivity index (χ4n) is 3.48. The number of nitrogens with one attached hydrogen (secondary N) is 3. The molecule has 9 heteroatoms. The van der Waals surface area contributed by atoms with Crippen molar-refractivity contribution in [2.24, 2.45) is 0 Å². The smallest absolute Gasteiger partial charge is 0.255 e. The Morgan fingerprint density at radius 1 is 0.829 bits per heavy atom. The lowest BCUT2D eigenvalue weighted by molar-refractivity contribution is -0.114. The van der Waals surface area contributed by atoms with Crippen molar-refractivity contribution < 1.29 is 18.0 Å². The molecule has 0 fully saturated rings. The van der Waals surface area contributed by atoms with Gasteiger partial charge in [-0.3, -0.25) is 9.59 Å². The molecule has 0 aromatic heterocycles. The molecule has 0 saturated carbocycles. The van der Waals surface area contributed by atoms with E-state index in [1.54, 1.807) is 50.2 Å². The van der Waals surface area contributed by atoms with Crippen molar-refractivity contribution in [3.63, 3.8) is 0 Å². The molecule has 0 bridgehead atoms. The Kier molecular flexibility index (Phi) is 8.62. The first-order valence-electron chi connectivity index (χ1n) is 11.4. The van der Waals surface area contributed by atoms with Crippen LogP contribution >= 0.6 is 0 Å². The first-order valence-corrected chi connectivity index (χ1v) is 12.8. The number of rotatable bonds is 10. The van der Waals surface area contributed by atoms with Crippen molar-refractivity contribution in [2.45, 2.75) is 25.7 Å². The molecule has 2 amide bonds. The molecular weight excluding hydrogens is 464 g/mol. The lowest BCUT2D eigenvalue weighted by Crippen LogP contribution is -2.30. The molecule has 3 aromatic rings. The van der Waals surface area contributed by atoms with Crippen LogP contribution in [0.5, 0.6) is 0 Å². The minimum atomic E-state index is -3.55. The van der Waals surface area contributed by atoms with Gasteiger partial charge in [0.05, 0.1) is 11.4 Å². The summed E-state index contributed by atoms with van der Waals surface area (Å²) in [5.74, 6) is -0.550. The molecule has 0 aliphatic rings. The number of hydrogen-bond donors (Lipinski definition) is 3. The van der Waals surface area contributed by atoms with Gasteiger partial charge in [-0.15, -0.1) is 0 Å². The monoisotopic (exact) mass is 494 g/mol. The number of benzene rings is 3. The third-order valence-electron chi connectivity index (χ3n) is 5.45. The summed E-state index contributed by atoms with van der Waals surface area (Å²) in [6, 6.07) is 20.5. The third-order valence-corrected chi connectivity index (χ3v) is 7.52. The Balaban J connectivity index is 1.60. The van der Waals surface area contributed by atoms with Crippen LogP contribution in [0.3, 0.4) is 0 Å². The maximum atomic E-state index is 12.6. The van der Waals surface area contributed by atoms with E-state index in [0.29, 0.717) is 35.7 Å². The Morgan fingerprint density at radius 3 is 2.09 bits per heavy atom.